The Kier molecular flexibility index (Phi) is 6.26. The van der Waals surface area contributed by atoms with Crippen molar-refractivity contribution in [2.45, 2.75) is 65.0 Å². The van der Waals surface area contributed by atoms with Gasteiger partial charge in [-0.25, -0.2) is 0 Å². The summed E-state index contributed by atoms with van der Waals surface area (Å²) in [7, 11) is 0. The van der Waals surface area contributed by atoms with Gasteiger partial charge in [0.15, 0.2) is 0 Å². The standard InChI is InChI=1S/C13H28N2/c1-4-7-12(2)14-9-11-15-10-6-5-8-13(15)3/h12-14H,4-11H2,1-3H3. The van der Waals surface area contributed by atoms with E-state index in [1.54, 1.807) is 0 Å². The molecule has 2 heteroatoms. The normalized spacial score (nSPS) is 25.4. The SMILES string of the molecule is CCCC(C)NCCN1CCCCC1C. The van der Waals surface area contributed by atoms with Crippen LogP contribution in [-0.4, -0.2) is 36.6 Å². The van der Waals surface area contributed by atoms with Crippen molar-refractivity contribution in [2.75, 3.05) is 19.6 Å². The average Bonchev–Trinajstić information content (AvgIpc) is 2.21. The Labute approximate surface area is 95.4 Å². The van der Waals surface area contributed by atoms with E-state index in [4.69, 9.17) is 0 Å². The van der Waals surface area contributed by atoms with Crippen LogP contribution in [0.5, 0.6) is 0 Å². The predicted molar refractivity (Wildman–Crippen MR) is 67.3 cm³/mol. The highest BCUT2D eigenvalue weighted by Crippen LogP contribution is 2.15. The van der Waals surface area contributed by atoms with Crippen molar-refractivity contribution in [1.29, 1.82) is 0 Å². The van der Waals surface area contributed by atoms with E-state index in [1.165, 1.54) is 45.2 Å². The molecule has 1 aliphatic heterocycles. The number of rotatable bonds is 6. The van der Waals surface area contributed by atoms with Crippen molar-refractivity contribution in [3.8, 4) is 0 Å². The monoisotopic (exact) mass is 212 g/mol. The highest BCUT2D eigenvalue weighted by molar-refractivity contribution is 4.74. The topological polar surface area (TPSA) is 15.3 Å². The highest BCUT2D eigenvalue weighted by atomic mass is 15.2. The fraction of sp³-hybridized carbons (Fsp3) is 1.00. The first-order valence-corrected chi connectivity index (χ1v) is 6.71. The van der Waals surface area contributed by atoms with Gasteiger partial charge in [-0.1, -0.05) is 19.8 Å². The molecule has 0 aromatic heterocycles. The summed E-state index contributed by atoms with van der Waals surface area (Å²) in [4.78, 5) is 2.63. The van der Waals surface area contributed by atoms with Crippen molar-refractivity contribution in [1.82, 2.24) is 10.2 Å². The molecule has 2 unspecified atom stereocenters. The number of piperidine rings is 1. The number of hydrogen-bond acceptors (Lipinski definition) is 2. The molecule has 90 valence electrons. The summed E-state index contributed by atoms with van der Waals surface area (Å²) in [6.07, 6.45) is 6.81. The average molecular weight is 212 g/mol. The molecule has 1 N–H and O–H groups in total. The molecule has 1 heterocycles. The molecule has 1 fully saturated rings. The molecule has 0 bridgehead atoms. The molecule has 1 rings (SSSR count). The van der Waals surface area contributed by atoms with E-state index in [0.717, 1.165) is 12.6 Å². The van der Waals surface area contributed by atoms with Crippen LogP contribution in [0.15, 0.2) is 0 Å². The zero-order valence-corrected chi connectivity index (χ0v) is 10.8. The lowest BCUT2D eigenvalue weighted by molar-refractivity contribution is 0.160. The smallest absolute Gasteiger partial charge is 0.0110 e. The number of hydrogen-bond donors (Lipinski definition) is 1. The van der Waals surface area contributed by atoms with Crippen molar-refractivity contribution in [2.24, 2.45) is 0 Å². The van der Waals surface area contributed by atoms with Gasteiger partial charge >= 0.3 is 0 Å². The lowest BCUT2D eigenvalue weighted by Crippen LogP contribution is -2.42. The van der Waals surface area contributed by atoms with E-state index in [9.17, 15) is 0 Å². The van der Waals surface area contributed by atoms with E-state index in [2.05, 4.69) is 31.0 Å². The Balaban J connectivity index is 2.08. The van der Waals surface area contributed by atoms with E-state index < -0.39 is 0 Å². The van der Waals surface area contributed by atoms with Crippen molar-refractivity contribution >= 4 is 0 Å². The second kappa shape index (κ2) is 7.24. The van der Waals surface area contributed by atoms with E-state index in [1.807, 2.05) is 0 Å². The Morgan fingerprint density at radius 1 is 1.40 bits per heavy atom. The molecule has 0 saturated carbocycles. The van der Waals surface area contributed by atoms with Gasteiger partial charge in [-0.15, -0.1) is 0 Å². The summed E-state index contributed by atoms with van der Waals surface area (Å²) in [6.45, 7) is 10.6. The third kappa shape index (κ3) is 4.98. The largest absolute Gasteiger partial charge is 0.313 e. The summed E-state index contributed by atoms with van der Waals surface area (Å²) in [5.74, 6) is 0. The molecule has 1 saturated heterocycles. The van der Waals surface area contributed by atoms with Gasteiger partial charge in [-0.2, -0.15) is 0 Å². The van der Waals surface area contributed by atoms with Crippen molar-refractivity contribution in [3.05, 3.63) is 0 Å². The van der Waals surface area contributed by atoms with Gasteiger partial charge in [0.25, 0.3) is 0 Å². The summed E-state index contributed by atoms with van der Waals surface area (Å²) < 4.78 is 0. The molecule has 0 aliphatic carbocycles. The minimum absolute atomic E-state index is 0.690. The molecular weight excluding hydrogens is 184 g/mol. The first kappa shape index (κ1) is 13.0. The maximum absolute atomic E-state index is 3.61. The molecular formula is C13H28N2. The fourth-order valence-electron chi connectivity index (χ4n) is 2.48. The lowest BCUT2D eigenvalue weighted by Gasteiger charge is -2.33. The molecule has 2 nitrogen and oxygen atoms in total. The zero-order chi connectivity index (χ0) is 11.1. The summed E-state index contributed by atoms with van der Waals surface area (Å²) in [5.41, 5.74) is 0. The maximum Gasteiger partial charge on any atom is 0.0110 e. The summed E-state index contributed by atoms with van der Waals surface area (Å²) >= 11 is 0. The van der Waals surface area contributed by atoms with Crippen LogP contribution < -0.4 is 5.32 Å². The maximum atomic E-state index is 3.61. The van der Waals surface area contributed by atoms with Crippen LogP contribution in [0.2, 0.25) is 0 Å². The Morgan fingerprint density at radius 3 is 2.87 bits per heavy atom. The molecule has 15 heavy (non-hydrogen) atoms. The molecule has 2 atom stereocenters. The quantitative estimate of drug-likeness (QED) is 0.728. The van der Waals surface area contributed by atoms with Gasteiger partial charge < -0.3 is 5.32 Å². The number of nitrogens with one attached hydrogen (secondary N) is 1. The van der Waals surface area contributed by atoms with Crippen LogP contribution in [0.1, 0.15) is 52.9 Å². The fourth-order valence-corrected chi connectivity index (χ4v) is 2.48. The van der Waals surface area contributed by atoms with Gasteiger partial charge in [-0.3, -0.25) is 4.90 Å². The predicted octanol–water partition coefficient (Wildman–Crippen LogP) is 2.64. The second-order valence-electron chi connectivity index (χ2n) is 5.02. The first-order valence-electron chi connectivity index (χ1n) is 6.71. The summed E-state index contributed by atoms with van der Waals surface area (Å²) in [5, 5.41) is 3.61. The Hall–Kier alpha value is -0.0800. The zero-order valence-electron chi connectivity index (χ0n) is 10.8. The van der Waals surface area contributed by atoms with Crippen LogP contribution in [0.25, 0.3) is 0 Å². The van der Waals surface area contributed by atoms with Crippen LogP contribution in [0.4, 0.5) is 0 Å². The van der Waals surface area contributed by atoms with Gasteiger partial charge in [0.1, 0.15) is 0 Å². The minimum Gasteiger partial charge on any atom is -0.313 e. The van der Waals surface area contributed by atoms with E-state index >= 15 is 0 Å². The third-order valence-corrected chi connectivity index (χ3v) is 3.55. The minimum atomic E-state index is 0.690. The van der Waals surface area contributed by atoms with E-state index in [0.29, 0.717) is 6.04 Å². The van der Waals surface area contributed by atoms with Crippen LogP contribution in [0.3, 0.4) is 0 Å². The Morgan fingerprint density at radius 2 is 2.20 bits per heavy atom. The van der Waals surface area contributed by atoms with Gasteiger partial charge in [0.2, 0.25) is 0 Å². The first-order chi connectivity index (χ1) is 7.24. The highest BCUT2D eigenvalue weighted by Gasteiger charge is 2.17. The van der Waals surface area contributed by atoms with Gasteiger partial charge in [-0.05, 0) is 39.7 Å². The third-order valence-electron chi connectivity index (χ3n) is 3.55. The van der Waals surface area contributed by atoms with Crippen LogP contribution in [0, 0.1) is 0 Å². The Bertz CT molecular complexity index is 159. The number of likely N-dealkylation sites (tertiary alicyclic amines) is 1. The molecule has 0 aromatic carbocycles. The van der Waals surface area contributed by atoms with Gasteiger partial charge in [0, 0.05) is 25.2 Å². The molecule has 0 aromatic rings. The van der Waals surface area contributed by atoms with Crippen LogP contribution in [-0.2, 0) is 0 Å². The van der Waals surface area contributed by atoms with Crippen molar-refractivity contribution in [3.63, 3.8) is 0 Å². The molecule has 1 aliphatic rings. The van der Waals surface area contributed by atoms with Crippen LogP contribution >= 0.6 is 0 Å². The lowest BCUT2D eigenvalue weighted by atomic mass is 10.0. The van der Waals surface area contributed by atoms with Gasteiger partial charge in [0.05, 0.1) is 0 Å². The molecule has 0 amide bonds. The second-order valence-corrected chi connectivity index (χ2v) is 5.02. The molecule has 0 radical (unpaired) electrons. The summed E-state index contributed by atoms with van der Waals surface area (Å²) in [6, 6.07) is 1.50. The molecule has 0 spiro atoms. The van der Waals surface area contributed by atoms with E-state index in [-0.39, 0.29) is 0 Å². The number of nitrogens with zero attached hydrogens (tertiary/aromatic N) is 1. The van der Waals surface area contributed by atoms with Crippen molar-refractivity contribution < 1.29 is 0 Å².